The number of nitrogens with zero attached hydrogens (tertiary/aromatic N) is 1. The number of halogens is 2. The average Bonchev–Trinajstić information content (AvgIpc) is 2.42. The summed E-state index contributed by atoms with van der Waals surface area (Å²) in [5, 5.41) is 0. The highest BCUT2D eigenvalue weighted by Crippen LogP contribution is 2.33. The molecule has 0 bridgehead atoms. The third-order valence-corrected chi connectivity index (χ3v) is 7.19. The first-order valence-electron chi connectivity index (χ1n) is 6.30. The average molecular weight is 425 g/mol. The maximum atomic E-state index is 12.8. The van der Waals surface area contributed by atoms with E-state index in [2.05, 4.69) is 31.9 Å². The Morgan fingerprint density at radius 1 is 1.25 bits per heavy atom. The highest BCUT2D eigenvalue weighted by molar-refractivity contribution is 9.11. The number of rotatable bonds is 3. The molecule has 110 valence electrons. The molecule has 1 unspecified atom stereocenters. The third-order valence-electron chi connectivity index (χ3n) is 3.46. The molecule has 7 heteroatoms. The number of benzene rings is 1. The van der Waals surface area contributed by atoms with Crippen LogP contribution in [0.15, 0.2) is 26.0 Å². The molecule has 0 aromatic heterocycles. The summed E-state index contributed by atoms with van der Waals surface area (Å²) in [6.45, 7) is 2.28. The van der Waals surface area contributed by atoms with E-state index < -0.39 is 16.1 Å². The van der Waals surface area contributed by atoms with Crippen molar-refractivity contribution < 1.29 is 13.2 Å². The van der Waals surface area contributed by atoms with Crippen LogP contribution < -0.4 is 0 Å². The van der Waals surface area contributed by atoms with Gasteiger partial charge < -0.3 is 4.79 Å². The van der Waals surface area contributed by atoms with E-state index in [1.54, 1.807) is 12.1 Å². The summed E-state index contributed by atoms with van der Waals surface area (Å²) >= 11 is 6.67. The van der Waals surface area contributed by atoms with Crippen molar-refractivity contribution in [2.75, 3.05) is 6.54 Å². The van der Waals surface area contributed by atoms with E-state index >= 15 is 0 Å². The number of sulfonamides is 1. The fraction of sp³-hybridized carbons (Fsp3) is 0.462. The molecule has 0 N–H and O–H groups in total. The molecule has 20 heavy (non-hydrogen) atoms. The van der Waals surface area contributed by atoms with Gasteiger partial charge in [-0.2, -0.15) is 4.31 Å². The first-order chi connectivity index (χ1) is 9.37. The van der Waals surface area contributed by atoms with Gasteiger partial charge >= 0.3 is 0 Å². The van der Waals surface area contributed by atoms with E-state index in [0.29, 0.717) is 17.4 Å². The van der Waals surface area contributed by atoms with Gasteiger partial charge in [0.05, 0.1) is 10.9 Å². The van der Waals surface area contributed by atoms with Crippen LogP contribution in [0.5, 0.6) is 0 Å². The zero-order chi connectivity index (χ0) is 14.9. The molecule has 1 heterocycles. The molecule has 0 aliphatic carbocycles. The second kappa shape index (κ2) is 6.25. The molecule has 1 aromatic carbocycles. The fourth-order valence-electron chi connectivity index (χ4n) is 2.32. The molecule has 1 aromatic rings. The van der Waals surface area contributed by atoms with Crippen LogP contribution in [0.25, 0.3) is 0 Å². The predicted octanol–water partition coefficient (Wildman–Crippen LogP) is 3.26. The minimum absolute atomic E-state index is 0.198. The van der Waals surface area contributed by atoms with Crippen LogP contribution in [0, 0.1) is 6.92 Å². The van der Waals surface area contributed by atoms with E-state index in [1.165, 1.54) is 4.31 Å². The van der Waals surface area contributed by atoms with Crippen LogP contribution in [-0.2, 0) is 14.8 Å². The van der Waals surface area contributed by atoms with E-state index in [1.807, 2.05) is 6.92 Å². The molecule has 0 saturated carbocycles. The maximum Gasteiger partial charge on any atom is 0.244 e. The lowest BCUT2D eigenvalue weighted by atomic mass is 10.1. The van der Waals surface area contributed by atoms with Gasteiger partial charge in [-0.25, -0.2) is 8.42 Å². The molecule has 1 fully saturated rings. The van der Waals surface area contributed by atoms with Gasteiger partial charge in [-0.05, 0) is 53.4 Å². The smallest absolute Gasteiger partial charge is 0.244 e. The lowest BCUT2D eigenvalue weighted by molar-refractivity contribution is -0.111. The van der Waals surface area contributed by atoms with Gasteiger partial charge in [-0.1, -0.05) is 22.4 Å². The van der Waals surface area contributed by atoms with Crippen molar-refractivity contribution in [1.82, 2.24) is 4.31 Å². The van der Waals surface area contributed by atoms with E-state index in [0.717, 1.165) is 29.2 Å². The number of hydrogen-bond donors (Lipinski definition) is 0. The normalized spacial score (nSPS) is 20.9. The van der Waals surface area contributed by atoms with Crippen molar-refractivity contribution in [1.29, 1.82) is 0 Å². The highest BCUT2D eigenvalue weighted by atomic mass is 79.9. The van der Waals surface area contributed by atoms with Crippen LogP contribution in [0.3, 0.4) is 0 Å². The second-order valence-electron chi connectivity index (χ2n) is 4.85. The molecule has 2 rings (SSSR count). The van der Waals surface area contributed by atoms with Crippen LogP contribution in [0.2, 0.25) is 0 Å². The molecule has 1 aliphatic rings. The number of hydrogen-bond acceptors (Lipinski definition) is 3. The summed E-state index contributed by atoms with van der Waals surface area (Å²) in [6.07, 6.45) is 2.99. The lowest BCUT2D eigenvalue weighted by Gasteiger charge is -2.31. The number of carbonyl (C=O) groups excluding carboxylic acids is 1. The van der Waals surface area contributed by atoms with Crippen molar-refractivity contribution in [2.24, 2.45) is 0 Å². The maximum absolute atomic E-state index is 12.8. The minimum atomic E-state index is -3.67. The quantitative estimate of drug-likeness (QED) is 0.699. The van der Waals surface area contributed by atoms with Gasteiger partial charge in [-0.15, -0.1) is 0 Å². The first-order valence-corrected chi connectivity index (χ1v) is 9.33. The third kappa shape index (κ3) is 3.00. The lowest BCUT2D eigenvalue weighted by Crippen LogP contribution is -2.44. The van der Waals surface area contributed by atoms with E-state index in [4.69, 9.17) is 0 Å². The van der Waals surface area contributed by atoms with Gasteiger partial charge in [0.25, 0.3) is 0 Å². The summed E-state index contributed by atoms with van der Waals surface area (Å²) in [6, 6.07) is 2.79. The Labute approximate surface area is 135 Å². The molecule has 1 atom stereocenters. The summed E-state index contributed by atoms with van der Waals surface area (Å²) in [5.41, 5.74) is 0.946. The summed E-state index contributed by atoms with van der Waals surface area (Å²) in [4.78, 5) is 11.3. The minimum Gasteiger partial charge on any atom is -0.302 e. The Balaban J connectivity index is 2.49. The Kier molecular flexibility index (Phi) is 5.05. The van der Waals surface area contributed by atoms with Gasteiger partial charge in [0, 0.05) is 15.5 Å². The molecular formula is C13H15Br2NO3S. The van der Waals surface area contributed by atoms with Crippen LogP contribution >= 0.6 is 31.9 Å². The number of aryl methyl sites for hydroxylation is 1. The zero-order valence-electron chi connectivity index (χ0n) is 11.0. The standard InChI is InChI=1S/C13H15Br2NO3S/c1-9-6-12(15)13(7-11(9)14)20(18,19)16-5-3-2-4-10(16)8-17/h6-8,10H,2-5H2,1H3. The molecule has 1 aliphatic heterocycles. The Hall–Kier alpha value is -0.240. The van der Waals surface area contributed by atoms with Crippen molar-refractivity contribution in [3.8, 4) is 0 Å². The summed E-state index contributed by atoms with van der Waals surface area (Å²) in [7, 11) is -3.67. The van der Waals surface area contributed by atoms with E-state index in [-0.39, 0.29) is 4.90 Å². The summed E-state index contributed by atoms with van der Waals surface area (Å²) in [5.74, 6) is 0. The molecular weight excluding hydrogens is 410 g/mol. The van der Waals surface area contributed by atoms with Crippen molar-refractivity contribution >= 4 is 48.2 Å². The molecule has 4 nitrogen and oxygen atoms in total. The van der Waals surface area contributed by atoms with Crippen molar-refractivity contribution in [3.63, 3.8) is 0 Å². The van der Waals surface area contributed by atoms with Crippen LogP contribution in [0.4, 0.5) is 0 Å². The van der Waals surface area contributed by atoms with Gasteiger partial charge in [0.1, 0.15) is 6.29 Å². The summed E-state index contributed by atoms with van der Waals surface area (Å²) < 4.78 is 28.1. The number of aldehydes is 1. The molecule has 1 saturated heterocycles. The van der Waals surface area contributed by atoms with E-state index in [9.17, 15) is 13.2 Å². The fourth-order valence-corrected chi connectivity index (χ4v) is 5.59. The van der Waals surface area contributed by atoms with Crippen molar-refractivity contribution in [3.05, 3.63) is 26.6 Å². The highest BCUT2D eigenvalue weighted by Gasteiger charge is 2.34. The van der Waals surface area contributed by atoms with Crippen molar-refractivity contribution in [2.45, 2.75) is 37.1 Å². The SMILES string of the molecule is Cc1cc(Br)c(S(=O)(=O)N2CCCCC2C=O)cc1Br. The Bertz CT molecular complexity index is 631. The van der Waals surface area contributed by atoms with Gasteiger partial charge in [-0.3, -0.25) is 0 Å². The number of carbonyl (C=O) groups is 1. The Morgan fingerprint density at radius 2 is 1.95 bits per heavy atom. The topological polar surface area (TPSA) is 54.5 Å². The van der Waals surface area contributed by atoms with Crippen LogP contribution in [0.1, 0.15) is 24.8 Å². The first kappa shape index (κ1) is 16.1. The van der Waals surface area contributed by atoms with Crippen LogP contribution in [-0.4, -0.2) is 31.6 Å². The Morgan fingerprint density at radius 3 is 2.60 bits per heavy atom. The largest absolute Gasteiger partial charge is 0.302 e. The molecule has 0 radical (unpaired) electrons. The monoisotopic (exact) mass is 423 g/mol. The van der Waals surface area contributed by atoms with Gasteiger partial charge in [0.2, 0.25) is 10.0 Å². The molecule has 0 spiro atoms. The molecule has 0 amide bonds. The predicted molar refractivity (Wildman–Crippen MR) is 84.2 cm³/mol. The second-order valence-corrected chi connectivity index (χ2v) is 8.41. The number of piperidine rings is 1. The zero-order valence-corrected chi connectivity index (χ0v) is 15.0. The van der Waals surface area contributed by atoms with Gasteiger partial charge in [0.15, 0.2) is 0 Å².